The topological polar surface area (TPSA) is 75.1 Å². The number of amides is 1. The van der Waals surface area contributed by atoms with E-state index in [2.05, 4.69) is 24.8 Å². The van der Waals surface area contributed by atoms with Gasteiger partial charge in [0, 0.05) is 44.8 Å². The summed E-state index contributed by atoms with van der Waals surface area (Å²) in [4.78, 5) is 32.8. The number of aromatic nitrogens is 4. The average molecular weight is 284 g/mol. The second kappa shape index (κ2) is 5.82. The Morgan fingerprint density at radius 2 is 1.81 bits per heavy atom. The minimum absolute atomic E-state index is 0.0123. The van der Waals surface area contributed by atoms with E-state index < -0.39 is 0 Å². The molecule has 0 spiro atoms. The number of hydrogen-bond donors (Lipinski definition) is 0. The van der Waals surface area contributed by atoms with E-state index in [-0.39, 0.29) is 5.91 Å². The van der Waals surface area contributed by atoms with Crippen molar-refractivity contribution in [2.24, 2.45) is 0 Å². The number of carbonyl (C=O) groups is 1. The first-order valence-electron chi connectivity index (χ1n) is 6.83. The number of nitrogens with zero attached hydrogens (tertiary/aromatic N) is 6. The number of aryl methyl sites for hydroxylation is 1. The van der Waals surface area contributed by atoms with Crippen LogP contribution in [0.1, 0.15) is 16.1 Å². The van der Waals surface area contributed by atoms with Crippen LogP contribution >= 0.6 is 0 Å². The number of carbonyl (C=O) groups excluding carboxylic acids is 1. The summed E-state index contributed by atoms with van der Waals surface area (Å²) in [6.07, 6.45) is 6.49. The molecule has 0 N–H and O–H groups in total. The third kappa shape index (κ3) is 2.81. The monoisotopic (exact) mass is 284 g/mol. The Morgan fingerprint density at radius 1 is 1.10 bits per heavy atom. The van der Waals surface area contributed by atoms with Crippen molar-refractivity contribution < 1.29 is 4.79 Å². The van der Waals surface area contributed by atoms with Crippen molar-refractivity contribution in [2.45, 2.75) is 6.92 Å². The zero-order valence-corrected chi connectivity index (χ0v) is 11.8. The zero-order valence-electron chi connectivity index (χ0n) is 11.8. The molecule has 0 atom stereocenters. The van der Waals surface area contributed by atoms with Crippen LogP contribution in [-0.2, 0) is 0 Å². The second-order valence-corrected chi connectivity index (χ2v) is 4.85. The third-order valence-electron chi connectivity index (χ3n) is 3.54. The first-order valence-corrected chi connectivity index (χ1v) is 6.83. The lowest BCUT2D eigenvalue weighted by Crippen LogP contribution is -2.49. The van der Waals surface area contributed by atoms with Crippen molar-refractivity contribution >= 4 is 11.9 Å². The minimum atomic E-state index is -0.0123. The van der Waals surface area contributed by atoms with Crippen molar-refractivity contribution in [3.8, 4) is 0 Å². The van der Waals surface area contributed by atoms with Gasteiger partial charge in [-0.15, -0.1) is 0 Å². The second-order valence-electron chi connectivity index (χ2n) is 4.85. The van der Waals surface area contributed by atoms with E-state index in [9.17, 15) is 4.79 Å². The van der Waals surface area contributed by atoms with Crippen molar-refractivity contribution in [2.75, 3.05) is 31.1 Å². The summed E-state index contributed by atoms with van der Waals surface area (Å²) in [6, 6.07) is 1.79. The quantitative estimate of drug-likeness (QED) is 0.801. The first-order chi connectivity index (χ1) is 10.3. The molecule has 0 aliphatic carbocycles. The average Bonchev–Trinajstić information content (AvgIpc) is 2.56. The van der Waals surface area contributed by atoms with Gasteiger partial charge in [-0.25, -0.2) is 19.9 Å². The van der Waals surface area contributed by atoms with Gasteiger partial charge in [0.1, 0.15) is 6.33 Å². The Morgan fingerprint density at radius 3 is 2.48 bits per heavy atom. The maximum absolute atomic E-state index is 12.5. The molecule has 1 amide bonds. The van der Waals surface area contributed by atoms with Gasteiger partial charge in [-0.3, -0.25) is 4.79 Å². The molecule has 1 saturated heterocycles. The molecule has 1 aliphatic rings. The summed E-state index contributed by atoms with van der Waals surface area (Å²) in [6.45, 7) is 4.56. The number of hydrogen-bond acceptors (Lipinski definition) is 6. The Hall–Kier alpha value is -2.57. The summed E-state index contributed by atoms with van der Waals surface area (Å²) in [5.74, 6) is 0.700. The Kier molecular flexibility index (Phi) is 3.72. The Labute approximate surface area is 122 Å². The standard InChI is InChI=1S/C14H16N6O/c1-11-12(9-15-10-18-11)13(21)19-5-7-20(8-6-19)14-16-3-2-4-17-14/h2-4,9-10H,5-8H2,1H3. The molecule has 0 aromatic carbocycles. The summed E-state index contributed by atoms with van der Waals surface area (Å²) in [5, 5.41) is 0. The molecule has 7 heteroatoms. The molecule has 2 aromatic rings. The summed E-state index contributed by atoms with van der Waals surface area (Å²) in [5.41, 5.74) is 1.28. The van der Waals surface area contributed by atoms with E-state index in [4.69, 9.17) is 0 Å². The van der Waals surface area contributed by atoms with Crippen LogP contribution in [0.4, 0.5) is 5.95 Å². The SMILES string of the molecule is Cc1ncncc1C(=O)N1CCN(c2ncccn2)CC1. The van der Waals surface area contributed by atoms with Crippen LogP contribution in [0.15, 0.2) is 31.0 Å². The van der Waals surface area contributed by atoms with E-state index >= 15 is 0 Å². The molecular formula is C14H16N6O. The van der Waals surface area contributed by atoms with Crippen LogP contribution in [0.25, 0.3) is 0 Å². The van der Waals surface area contributed by atoms with Gasteiger partial charge < -0.3 is 9.80 Å². The highest BCUT2D eigenvalue weighted by molar-refractivity contribution is 5.95. The van der Waals surface area contributed by atoms with Gasteiger partial charge >= 0.3 is 0 Å². The highest BCUT2D eigenvalue weighted by Gasteiger charge is 2.24. The van der Waals surface area contributed by atoms with E-state index in [0.717, 1.165) is 13.1 Å². The van der Waals surface area contributed by atoms with Crippen LogP contribution < -0.4 is 4.90 Å². The van der Waals surface area contributed by atoms with Crippen LogP contribution in [0.5, 0.6) is 0 Å². The fraction of sp³-hybridized carbons (Fsp3) is 0.357. The van der Waals surface area contributed by atoms with Crippen molar-refractivity contribution in [3.05, 3.63) is 42.2 Å². The fourth-order valence-corrected chi connectivity index (χ4v) is 2.34. The molecule has 3 heterocycles. The van der Waals surface area contributed by atoms with E-state index in [1.165, 1.54) is 6.33 Å². The number of anilines is 1. The molecular weight excluding hydrogens is 268 g/mol. The van der Waals surface area contributed by atoms with Crippen molar-refractivity contribution in [3.63, 3.8) is 0 Å². The Balaban J connectivity index is 1.66. The van der Waals surface area contributed by atoms with Crippen LogP contribution in [0, 0.1) is 6.92 Å². The van der Waals surface area contributed by atoms with Crippen molar-refractivity contribution in [1.82, 2.24) is 24.8 Å². The minimum Gasteiger partial charge on any atom is -0.337 e. The predicted molar refractivity (Wildman–Crippen MR) is 76.9 cm³/mol. The normalized spacial score (nSPS) is 15.1. The zero-order chi connectivity index (χ0) is 14.7. The van der Waals surface area contributed by atoms with Crippen molar-refractivity contribution in [1.29, 1.82) is 0 Å². The molecule has 108 valence electrons. The first kappa shape index (κ1) is 13.4. The van der Waals surface area contributed by atoms with Crippen LogP contribution in [0.3, 0.4) is 0 Å². The van der Waals surface area contributed by atoms with Gasteiger partial charge in [0.25, 0.3) is 5.91 Å². The fourth-order valence-electron chi connectivity index (χ4n) is 2.34. The molecule has 21 heavy (non-hydrogen) atoms. The van der Waals surface area contributed by atoms with Gasteiger partial charge in [0.05, 0.1) is 11.3 Å². The molecule has 0 unspecified atom stereocenters. The lowest BCUT2D eigenvalue weighted by atomic mass is 10.2. The van der Waals surface area contributed by atoms with Gasteiger partial charge in [-0.2, -0.15) is 0 Å². The summed E-state index contributed by atoms with van der Waals surface area (Å²) >= 11 is 0. The summed E-state index contributed by atoms with van der Waals surface area (Å²) < 4.78 is 0. The lowest BCUT2D eigenvalue weighted by Gasteiger charge is -2.34. The molecule has 0 bridgehead atoms. The Bertz CT molecular complexity index is 624. The maximum atomic E-state index is 12.5. The predicted octanol–water partition coefficient (Wildman–Crippen LogP) is 0.537. The molecule has 7 nitrogen and oxygen atoms in total. The van der Waals surface area contributed by atoms with Gasteiger partial charge in [0.2, 0.25) is 5.95 Å². The van der Waals surface area contributed by atoms with Gasteiger partial charge in [0.15, 0.2) is 0 Å². The molecule has 0 saturated carbocycles. The van der Waals surface area contributed by atoms with Gasteiger partial charge in [-0.1, -0.05) is 0 Å². The highest BCUT2D eigenvalue weighted by atomic mass is 16.2. The van der Waals surface area contributed by atoms with Gasteiger partial charge in [-0.05, 0) is 13.0 Å². The summed E-state index contributed by atoms with van der Waals surface area (Å²) in [7, 11) is 0. The maximum Gasteiger partial charge on any atom is 0.257 e. The molecule has 2 aromatic heterocycles. The molecule has 3 rings (SSSR count). The smallest absolute Gasteiger partial charge is 0.257 e. The molecule has 1 fully saturated rings. The number of piperazine rings is 1. The third-order valence-corrected chi connectivity index (χ3v) is 3.54. The van der Waals surface area contributed by atoms with E-state index in [0.29, 0.717) is 30.3 Å². The molecule has 1 aliphatic heterocycles. The van der Waals surface area contributed by atoms with E-state index in [1.807, 2.05) is 11.8 Å². The van der Waals surface area contributed by atoms with E-state index in [1.54, 1.807) is 24.7 Å². The highest BCUT2D eigenvalue weighted by Crippen LogP contribution is 2.13. The lowest BCUT2D eigenvalue weighted by molar-refractivity contribution is 0.0744. The van der Waals surface area contributed by atoms with Crippen LogP contribution in [0.2, 0.25) is 0 Å². The largest absolute Gasteiger partial charge is 0.337 e. The van der Waals surface area contributed by atoms with Crippen LogP contribution in [-0.4, -0.2) is 56.9 Å². The number of rotatable bonds is 2. The molecule has 0 radical (unpaired) electrons.